The molecule has 1 saturated carbocycles. The van der Waals surface area contributed by atoms with E-state index in [0.29, 0.717) is 12.0 Å². The summed E-state index contributed by atoms with van der Waals surface area (Å²) in [5.74, 6) is 2.16. The maximum absolute atomic E-state index is 5.57. The van der Waals surface area contributed by atoms with Gasteiger partial charge in [-0.1, -0.05) is 0 Å². The molecule has 0 bridgehead atoms. The number of nitrogens with zero attached hydrogens (tertiary/aromatic N) is 4. The molecule has 28 heavy (non-hydrogen) atoms. The first-order chi connectivity index (χ1) is 13.8. The summed E-state index contributed by atoms with van der Waals surface area (Å²) in [5.41, 5.74) is 4.87. The number of anilines is 1. The molecule has 0 unspecified atom stereocenters. The van der Waals surface area contributed by atoms with Crippen molar-refractivity contribution in [2.45, 2.75) is 69.7 Å². The molecule has 0 aromatic carbocycles. The number of pyridine rings is 1. The molecular weight excluding hydrogens is 348 g/mol. The highest BCUT2D eigenvalue weighted by Gasteiger charge is 2.26. The molecule has 5 rings (SSSR count). The summed E-state index contributed by atoms with van der Waals surface area (Å²) in [6.07, 6.45) is 9.96. The molecule has 3 aliphatic rings. The van der Waals surface area contributed by atoms with Crippen LogP contribution in [0.3, 0.4) is 0 Å². The normalized spacial score (nSPS) is 23.3. The molecule has 2 saturated heterocycles. The minimum absolute atomic E-state index is 0.484. The third-order valence-corrected chi connectivity index (χ3v) is 6.49. The highest BCUT2D eigenvalue weighted by Crippen LogP contribution is 2.40. The maximum atomic E-state index is 5.57. The van der Waals surface area contributed by atoms with E-state index in [-0.39, 0.29) is 0 Å². The average Bonchev–Trinajstić information content (AvgIpc) is 3.49. The van der Waals surface area contributed by atoms with Crippen molar-refractivity contribution >= 4 is 5.95 Å². The second-order valence-corrected chi connectivity index (χ2v) is 8.69. The molecule has 0 spiro atoms. The van der Waals surface area contributed by atoms with Gasteiger partial charge in [0.15, 0.2) is 0 Å². The average molecular weight is 379 g/mol. The van der Waals surface area contributed by atoms with Crippen molar-refractivity contribution in [1.82, 2.24) is 15.0 Å². The SMILES string of the molecule is C[C@@H]1CCCN1c1nc(Cc2cc(C3CC3)ccn2)cc(C2CCOCC2)n1. The lowest BCUT2D eigenvalue weighted by atomic mass is 9.95. The van der Waals surface area contributed by atoms with Gasteiger partial charge in [-0.15, -0.1) is 0 Å². The number of aromatic nitrogens is 3. The molecule has 0 N–H and O–H groups in total. The molecule has 2 aromatic rings. The van der Waals surface area contributed by atoms with E-state index in [1.54, 1.807) is 0 Å². The molecule has 148 valence electrons. The zero-order valence-electron chi connectivity index (χ0n) is 16.8. The minimum Gasteiger partial charge on any atom is -0.381 e. The van der Waals surface area contributed by atoms with Gasteiger partial charge in [0.1, 0.15) is 0 Å². The van der Waals surface area contributed by atoms with E-state index < -0.39 is 0 Å². The fourth-order valence-corrected chi connectivity index (χ4v) is 4.61. The summed E-state index contributed by atoms with van der Waals surface area (Å²) in [7, 11) is 0. The molecule has 5 nitrogen and oxygen atoms in total. The van der Waals surface area contributed by atoms with E-state index in [9.17, 15) is 0 Å². The van der Waals surface area contributed by atoms with Gasteiger partial charge in [-0.05, 0) is 75.1 Å². The van der Waals surface area contributed by atoms with Crippen molar-refractivity contribution in [3.63, 3.8) is 0 Å². The summed E-state index contributed by atoms with van der Waals surface area (Å²) in [5, 5.41) is 0. The number of rotatable bonds is 5. The molecule has 2 aliphatic heterocycles. The van der Waals surface area contributed by atoms with Crippen LogP contribution in [0.5, 0.6) is 0 Å². The summed E-state index contributed by atoms with van der Waals surface area (Å²) in [6.45, 7) is 5.03. The van der Waals surface area contributed by atoms with Crippen LogP contribution in [0.1, 0.15) is 79.9 Å². The van der Waals surface area contributed by atoms with Crippen molar-refractivity contribution < 1.29 is 4.74 Å². The fourth-order valence-electron chi connectivity index (χ4n) is 4.61. The van der Waals surface area contributed by atoms with Crippen LogP contribution in [-0.4, -0.2) is 40.8 Å². The summed E-state index contributed by atoms with van der Waals surface area (Å²) < 4.78 is 5.57. The predicted molar refractivity (Wildman–Crippen MR) is 110 cm³/mol. The standard InChI is InChI=1S/C23H30N4O/c1-16-3-2-10-27(16)23-25-21(15-22(26-23)18-7-11-28-12-8-18)14-20-13-19(6-9-24-20)17-4-5-17/h6,9,13,15-18H,2-5,7-8,10-12,14H2,1H3/t16-/m1/s1. The van der Waals surface area contributed by atoms with Crippen LogP contribution >= 0.6 is 0 Å². The van der Waals surface area contributed by atoms with Crippen LogP contribution in [0.2, 0.25) is 0 Å². The van der Waals surface area contributed by atoms with Gasteiger partial charge >= 0.3 is 0 Å². The highest BCUT2D eigenvalue weighted by atomic mass is 16.5. The minimum atomic E-state index is 0.484. The topological polar surface area (TPSA) is 51.1 Å². The first kappa shape index (κ1) is 18.0. The molecule has 1 aliphatic carbocycles. The van der Waals surface area contributed by atoms with Crippen LogP contribution in [0.25, 0.3) is 0 Å². The van der Waals surface area contributed by atoms with Crippen LogP contribution in [0, 0.1) is 0 Å². The maximum Gasteiger partial charge on any atom is 0.226 e. The van der Waals surface area contributed by atoms with Crippen molar-refractivity contribution in [1.29, 1.82) is 0 Å². The lowest BCUT2D eigenvalue weighted by molar-refractivity contribution is 0.0844. The molecule has 4 heterocycles. The molecule has 0 amide bonds. The van der Waals surface area contributed by atoms with Crippen LogP contribution < -0.4 is 4.90 Å². The second-order valence-electron chi connectivity index (χ2n) is 8.69. The van der Waals surface area contributed by atoms with Gasteiger partial charge < -0.3 is 9.64 Å². The van der Waals surface area contributed by atoms with Gasteiger partial charge in [-0.2, -0.15) is 0 Å². The first-order valence-corrected chi connectivity index (χ1v) is 10.9. The van der Waals surface area contributed by atoms with Crippen molar-refractivity contribution in [2.24, 2.45) is 0 Å². The molecule has 0 radical (unpaired) electrons. The van der Waals surface area contributed by atoms with Gasteiger partial charge in [0.05, 0.1) is 5.69 Å². The van der Waals surface area contributed by atoms with E-state index in [1.807, 2.05) is 6.20 Å². The Bertz CT molecular complexity index is 829. The Labute approximate surface area is 167 Å². The number of hydrogen-bond acceptors (Lipinski definition) is 5. The van der Waals surface area contributed by atoms with Crippen LogP contribution in [0.4, 0.5) is 5.95 Å². The van der Waals surface area contributed by atoms with Gasteiger partial charge in [-0.25, -0.2) is 9.97 Å². The van der Waals surface area contributed by atoms with Crippen molar-refractivity contribution in [2.75, 3.05) is 24.7 Å². The zero-order valence-corrected chi connectivity index (χ0v) is 16.8. The van der Waals surface area contributed by atoms with Gasteiger partial charge in [-0.3, -0.25) is 4.98 Å². The second kappa shape index (κ2) is 7.78. The molecule has 5 heteroatoms. The van der Waals surface area contributed by atoms with Crippen molar-refractivity contribution in [3.8, 4) is 0 Å². The van der Waals surface area contributed by atoms with Crippen LogP contribution in [0.15, 0.2) is 24.4 Å². The summed E-state index contributed by atoms with van der Waals surface area (Å²) in [6, 6.07) is 7.21. The molecule has 1 atom stereocenters. The van der Waals surface area contributed by atoms with E-state index in [4.69, 9.17) is 14.7 Å². The van der Waals surface area contributed by atoms with E-state index >= 15 is 0 Å². The lowest BCUT2D eigenvalue weighted by Gasteiger charge is -2.26. The monoisotopic (exact) mass is 378 g/mol. The third kappa shape index (κ3) is 3.90. The summed E-state index contributed by atoms with van der Waals surface area (Å²) in [4.78, 5) is 17.0. The number of ether oxygens (including phenoxy) is 1. The quantitative estimate of drug-likeness (QED) is 0.780. The van der Waals surface area contributed by atoms with E-state index in [1.165, 1.54) is 36.9 Å². The third-order valence-electron chi connectivity index (χ3n) is 6.49. The molecule has 3 fully saturated rings. The van der Waals surface area contributed by atoms with E-state index in [0.717, 1.165) is 62.3 Å². The summed E-state index contributed by atoms with van der Waals surface area (Å²) >= 11 is 0. The Morgan fingerprint density at radius 3 is 2.61 bits per heavy atom. The largest absolute Gasteiger partial charge is 0.381 e. The lowest BCUT2D eigenvalue weighted by Crippen LogP contribution is -2.29. The highest BCUT2D eigenvalue weighted by molar-refractivity contribution is 5.37. The Hall–Kier alpha value is -2.01. The van der Waals surface area contributed by atoms with Crippen molar-refractivity contribution in [3.05, 3.63) is 47.0 Å². The van der Waals surface area contributed by atoms with Gasteiger partial charge in [0, 0.05) is 55.7 Å². The first-order valence-electron chi connectivity index (χ1n) is 10.9. The Balaban J connectivity index is 1.46. The Morgan fingerprint density at radius 2 is 1.86 bits per heavy atom. The predicted octanol–water partition coefficient (Wildman–Crippen LogP) is 4.22. The van der Waals surface area contributed by atoms with Gasteiger partial charge in [0.25, 0.3) is 0 Å². The smallest absolute Gasteiger partial charge is 0.226 e. The number of hydrogen-bond donors (Lipinski definition) is 0. The zero-order chi connectivity index (χ0) is 18.9. The Morgan fingerprint density at radius 1 is 1.00 bits per heavy atom. The molecular formula is C23H30N4O. The Kier molecular flexibility index (Phi) is 5.02. The van der Waals surface area contributed by atoms with Gasteiger partial charge in [0.2, 0.25) is 5.95 Å². The van der Waals surface area contributed by atoms with Crippen LogP contribution in [-0.2, 0) is 11.2 Å². The van der Waals surface area contributed by atoms with E-state index in [2.05, 4.69) is 35.0 Å². The molecule has 2 aromatic heterocycles. The fraction of sp³-hybridized carbons (Fsp3) is 0.609.